The number of benzene rings is 2. The molecule has 1 fully saturated rings. The summed E-state index contributed by atoms with van der Waals surface area (Å²) >= 11 is 0. The summed E-state index contributed by atoms with van der Waals surface area (Å²) in [7, 11) is 0. The lowest BCUT2D eigenvalue weighted by Gasteiger charge is -2.36. The van der Waals surface area contributed by atoms with Crippen LogP contribution in [0.5, 0.6) is 5.75 Å². The van der Waals surface area contributed by atoms with Crippen molar-refractivity contribution in [3.63, 3.8) is 0 Å². The first-order chi connectivity index (χ1) is 16.9. The lowest BCUT2D eigenvalue weighted by Crippen LogP contribution is -2.51. The lowest BCUT2D eigenvalue weighted by atomic mass is 10.0. The number of nitrogens with zero attached hydrogens (tertiary/aromatic N) is 2. The fourth-order valence-electron chi connectivity index (χ4n) is 4.25. The predicted octanol–water partition coefficient (Wildman–Crippen LogP) is 3.23. The predicted molar refractivity (Wildman–Crippen MR) is 141 cm³/mol. The Labute approximate surface area is 209 Å². The van der Waals surface area contributed by atoms with E-state index in [4.69, 9.17) is 4.74 Å². The molecular weight excluding hydrogens is 440 g/mol. The van der Waals surface area contributed by atoms with Gasteiger partial charge in [0.05, 0.1) is 0 Å². The number of para-hydroxylation sites is 1. The van der Waals surface area contributed by atoms with Crippen LogP contribution in [-0.2, 0) is 9.59 Å². The highest BCUT2D eigenvalue weighted by Gasteiger charge is 2.24. The van der Waals surface area contributed by atoms with Gasteiger partial charge in [-0.2, -0.15) is 0 Å². The minimum Gasteiger partial charge on any atom is -0.484 e. The average Bonchev–Trinajstić information content (AvgIpc) is 2.86. The molecule has 1 heterocycles. The quantitative estimate of drug-likeness (QED) is 0.457. The molecule has 0 saturated carbocycles. The van der Waals surface area contributed by atoms with Gasteiger partial charge in [-0.25, -0.2) is 0 Å². The van der Waals surface area contributed by atoms with Gasteiger partial charge in [0.25, 0.3) is 5.91 Å². The van der Waals surface area contributed by atoms with E-state index in [2.05, 4.69) is 51.6 Å². The van der Waals surface area contributed by atoms with E-state index in [0.29, 0.717) is 12.3 Å². The largest absolute Gasteiger partial charge is 0.484 e. The van der Waals surface area contributed by atoms with Gasteiger partial charge in [-0.15, -0.1) is 0 Å². The van der Waals surface area contributed by atoms with E-state index < -0.39 is 6.04 Å². The van der Waals surface area contributed by atoms with Gasteiger partial charge < -0.3 is 20.3 Å². The number of nitrogens with one attached hydrogen (secondary N) is 2. The second kappa shape index (κ2) is 13.7. The van der Waals surface area contributed by atoms with Crippen molar-refractivity contribution < 1.29 is 14.3 Å². The van der Waals surface area contributed by atoms with E-state index >= 15 is 0 Å². The maximum absolute atomic E-state index is 12.7. The summed E-state index contributed by atoms with van der Waals surface area (Å²) in [6.45, 7) is 11.7. The molecule has 1 atom stereocenters. The van der Waals surface area contributed by atoms with E-state index in [1.807, 2.05) is 32.0 Å². The van der Waals surface area contributed by atoms with Crippen molar-refractivity contribution in [2.75, 3.05) is 50.8 Å². The summed E-state index contributed by atoms with van der Waals surface area (Å²) in [5.74, 6) is 0.178. The molecule has 35 heavy (non-hydrogen) atoms. The number of amides is 2. The molecular formula is C28H40N4O3. The van der Waals surface area contributed by atoms with E-state index in [-0.39, 0.29) is 24.3 Å². The van der Waals surface area contributed by atoms with Crippen LogP contribution in [0.1, 0.15) is 32.3 Å². The molecule has 0 bridgehead atoms. The molecule has 0 aliphatic carbocycles. The highest BCUT2D eigenvalue weighted by molar-refractivity contribution is 5.88. The molecule has 1 saturated heterocycles. The van der Waals surface area contributed by atoms with Gasteiger partial charge >= 0.3 is 0 Å². The third-order valence-electron chi connectivity index (χ3n) is 6.32. The van der Waals surface area contributed by atoms with Crippen molar-refractivity contribution >= 4 is 17.5 Å². The van der Waals surface area contributed by atoms with Crippen LogP contribution in [0.2, 0.25) is 0 Å². The molecule has 2 amide bonds. The normalized spacial score (nSPS) is 15.0. The maximum Gasteiger partial charge on any atom is 0.258 e. The zero-order valence-electron chi connectivity index (χ0n) is 21.3. The topological polar surface area (TPSA) is 73.9 Å². The third kappa shape index (κ3) is 8.91. The Balaban J connectivity index is 1.30. The molecule has 2 aromatic rings. The number of hydrogen-bond acceptors (Lipinski definition) is 5. The molecule has 3 rings (SSSR count). The highest BCUT2D eigenvalue weighted by Crippen LogP contribution is 2.18. The van der Waals surface area contributed by atoms with Gasteiger partial charge in [0, 0.05) is 38.4 Å². The molecule has 2 aromatic carbocycles. The molecule has 0 spiro atoms. The number of carbonyl (C=O) groups excluding carboxylic acids is 2. The number of carbonyl (C=O) groups is 2. The second-order valence-corrected chi connectivity index (χ2v) is 9.56. The van der Waals surface area contributed by atoms with Crippen molar-refractivity contribution in [1.29, 1.82) is 0 Å². The summed E-state index contributed by atoms with van der Waals surface area (Å²) in [6, 6.07) is 17.3. The summed E-state index contributed by atoms with van der Waals surface area (Å²) in [6.07, 6.45) is 1.95. The summed E-state index contributed by atoms with van der Waals surface area (Å²) < 4.78 is 5.48. The molecule has 0 aromatic heterocycles. The fourth-order valence-corrected chi connectivity index (χ4v) is 4.25. The molecule has 2 N–H and O–H groups in total. The number of anilines is 1. The average molecular weight is 481 g/mol. The van der Waals surface area contributed by atoms with Crippen LogP contribution >= 0.6 is 0 Å². The van der Waals surface area contributed by atoms with Crippen LogP contribution < -0.4 is 20.3 Å². The van der Waals surface area contributed by atoms with Crippen molar-refractivity contribution in [2.45, 2.75) is 39.7 Å². The van der Waals surface area contributed by atoms with Gasteiger partial charge in [-0.3, -0.25) is 14.5 Å². The van der Waals surface area contributed by atoms with E-state index in [0.717, 1.165) is 45.6 Å². The molecule has 7 nitrogen and oxygen atoms in total. The number of hydrogen-bond donors (Lipinski definition) is 2. The maximum atomic E-state index is 12.7. The number of ether oxygens (including phenoxy) is 1. The zero-order valence-corrected chi connectivity index (χ0v) is 21.3. The Morgan fingerprint density at radius 1 is 0.971 bits per heavy atom. The van der Waals surface area contributed by atoms with Crippen LogP contribution in [0, 0.1) is 12.8 Å². The first-order valence-corrected chi connectivity index (χ1v) is 12.7. The third-order valence-corrected chi connectivity index (χ3v) is 6.32. The van der Waals surface area contributed by atoms with Gasteiger partial charge in [0.1, 0.15) is 11.8 Å². The number of aryl methyl sites for hydroxylation is 1. The highest BCUT2D eigenvalue weighted by atomic mass is 16.5. The Kier molecular flexibility index (Phi) is 10.4. The Morgan fingerprint density at radius 2 is 1.71 bits per heavy atom. The summed E-state index contributed by atoms with van der Waals surface area (Å²) in [5.41, 5.74) is 2.61. The number of piperazine rings is 1. The first-order valence-electron chi connectivity index (χ1n) is 12.7. The monoisotopic (exact) mass is 480 g/mol. The van der Waals surface area contributed by atoms with Gasteiger partial charge in [-0.1, -0.05) is 44.2 Å². The van der Waals surface area contributed by atoms with Crippen LogP contribution in [-0.4, -0.2) is 68.6 Å². The van der Waals surface area contributed by atoms with Crippen molar-refractivity contribution in [3.8, 4) is 5.75 Å². The Hall–Kier alpha value is -3.06. The molecule has 1 aliphatic heterocycles. The van der Waals surface area contributed by atoms with Gasteiger partial charge in [-0.05, 0) is 62.1 Å². The second-order valence-electron chi connectivity index (χ2n) is 9.56. The SMILES string of the molecule is Cc1cccc(N2CCN(CCCCNC(=O)C(NC(=O)COc3ccccc3)C(C)C)CC2)c1. The van der Waals surface area contributed by atoms with E-state index in [9.17, 15) is 9.59 Å². The number of unbranched alkanes of at least 4 members (excludes halogenated alkanes) is 1. The minimum atomic E-state index is -0.573. The smallest absolute Gasteiger partial charge is 0.258 e. The zero-order chi connectivity index (χ0) is 25.0. The van der Waals surface area contributed by atoms with Crippen LogP contribution in [0.3, 0.4) is 0 Å². The molecule has 7 heteroatoms. The summed E-state index contributed by atoms with van der Waals surface area (Å²) in [5, 5.41) is 5.80. The van der Waals surface area contributed by atoms with Gasteiger partial charge in [0.15, 0.2) is 6.61 Å². The first kappa shape index (κ1) is 26.5. The van der Waals surface area contributed by atoms with Gasteiger partial charge in [0.2, 0.25) is 5.91 Å². The van der Waals surface area contributed by atoms with Crippen molar-refractivity contribution in [2.24, 2.45) is 5.92 Å². The van der Waals surface area contributed by atoms with Crippen LogP contribution in [0.4, 0.5) is 5.69 Å². The molecule has 1 aliphatic rings. The molecule has 1 unspecified atom stereocenters. The van der Waals surface area contributed by atoms with Crippen LogP contribution in [0.25, 0.3) is 0 Å². The Bertz CT molecular complexity index is 927. The molecule has 0 radical (unpaired) electrons. The number of rotatable bonds is 12. The van der Waals surface area contributed by atoms with Crippen molar-refractivity contribution in [1.82, 2.24) is 15.5 Å². The molecule has 190 valence electrons. The lowest BCUT2D eigenvalue weighted by molar-refractivity contribution is -0.131. The Morgan fingerprint density at radius 3 is 2.40 bits per heavy atom. The van der Waals surface area contributed by atoms with E-state index in [1.165, 1.54) is 11.3 Å². The standard InChI is InChI=1S/C28H40N4O3/c1-22(2)27(30-26(33)21-35-25-12-5-4-6-13-25)28(34)29-14-7-8-15-31-16-18-32(19-17-31)24-11-9-10-23(3)20-24/h4-6,9-13,20,22,27H,7-8,14-19,21H2,1-3H3,(H,29,34)(H,30,33). The van der Waals surface area contributed by atoms with E-state index in [1.54, 1.807) is 12.1 Å². The summed E-state index contributed by atoms with van der Waals surface area (Å²) in [4.78, 5) is 29.9. The van der Waals surface area contributed by atoms with Crippen molar-refractivity contribution in [3.05, 3.63) is 60.2 Å². The fraction of sp³-hybridized carbons (Fsp3) is 0.500. The van der Waals surface area contributed by atoms with Crippen LogP contribution in [0.15, 0.2) is 54.6 Å². The minimum absolute atomic E-state index is 0.0135.